The molecule has 0 saturated carbocycles. The van der Waals surface area contributed by atoms with E-state index >= 15 is 0 Å². The second-order valence-electron chi connectivity index (χ2n) is 11.3. The Kier molecular flexibility index (Phi) is 5.67. The maximum atomic E-state index is 12.1. The fraction of sp³-hybridized carbons (Fsp3) is 0.267. The maximum Gasteiger partial charge on any atom is 0.347 e. The highest BCUT2D eigenvalue weighted by molar-refractivity contribution is 6.15. The standard InChI is InChI=1S/C30H26O8/c1-29(2,3)21-13-24(36-16-8-10-18-20(12-16)28(34)38-26(18)32)22(30(4,5)6)14-23(21)35-15-7-9-17-19(11-15)27(33)37-25(17)31/h7-14H,1-6H3. The van der Waals surface area contributed by atoms with Gasteiger partial charge in [-0.2, -0.15) is 0 Å². The molecule has 0 spiro atoms. The Morgan fingerprint density at radius 1 is 0.500 bits per heavy atom. The number of fused-ring (bicyclic) bond motifs is 2. The van der Waals surface area contributed by atoms with E-state index in [4.69, 9.17) is 18.9 Å². The molecule has 0 N–H and O–H groups in total. The third kappa shape index (κ3) is 4.42. The van der Waals surface area contributed by atoms with Crippen LogP contribution < -0.4 is 9.47 Å². The van der Waals surface area contributed by atoms with Gasteiger partial charge in [-0.3, -0.25) is 0 Å². The fourth-order valence-corrected chi connectivity index (χ4v) is 4.41. The molecule has 0 saturated heterocycles. The lowest BCUT2D eigenvalue weighted by atomic mass is 9.81. The van der Waals surface area contributed by atoms with Gasteiger partial charge in [0.1, 0.15) is 23.0 Å². The molecule has 2 heterocycles. The molecule has 0 aromatic heterocycles. The molecule has 0 fully saturated rings. The Labute approximate surface area is 219 Å². The van der Waals surface area contributed by atoms with E-state index in [1.807, 2.05) is 53.7 Å². The number of rotatable bonds is 4. The van der Waals surface area contributed by atoms with Gasteiger partial charge in [0.05, 0.1) is 22.3 Å². The van der Waals surface area contributed by atoms with Crippen molar-refractivity contribution in [2.24, 2.45) is 0 Å². The summed E-state index contributed by atoms with van der Waals surface area (Å²) in [5.74, 6) is -0.852. The van der Waals surface area contributed by atoms with Crippen molar-refractivity contribution in [2.75, 3.05) is 0 Å². The SMILES string of the molecule is CC(C)(C)c1cc(Oc2ccc3c(c2)C(=O)OC3=O)c(C(C)(C)C)cc1Oc1ccc2c(c1)C(=O)OC2=O. The van der Waals surface area contributed by atoms with Crippen molar-refractivity contribution < 1.29 is 38.1 Å². The van der Waals surface area contributed by atoms with Crippen molar-refractivity contribution in [2.45, 2.75) is 52.4 Å². The summed E-state index contributed by atoms with van der Waals surface area (Å²) in [6.45, 7) is 12.2. The summed E-state index contributed by atoms with van der Waals surface area (Å²) in [5, 5.41) is 0. The van der Waals surface area contributed by atoms with Crippen LogP contribution in [0, 0.1) is 0 Å². The first-order valence-electron chi connectivity index (χ1n) is 12.1. The molecule has 3 aromatic carbocycles. The van der Waals surface area contributed by atoms with E-state index in [1.165, 1.54) is 24.3 Å². The second-order valence-corrected chi connectivity index (χ2v) is 11.3. The zero-order valence-corrected chi connectivity index (χ0v) is 21.9. The summed E-state index contributed by atoms with van der Waals surface area (Å²) in [5.41, 5.74) is 1.65. The number of carbonyl (C=O) groups is 4. The van der Waals surface area contributed by atoms with Gasteiger partial charge in [0.25, 0.3) is 0 Å². The zero-order valence-electron chi connectivity index (χ0n) is 21.9. The minimum Gasteiger partial charge on any atom is -0.457 e. The van der Waals surface area contributed by atoms with Crippen molar-refractivity contribution in [3.05, 3.63) is 81.9 Å². The lowest BCUT2D eigenvalue weighted by Crippen LogP contribution is -2.17. The quantitative estimate of drug-likeness (QED) is 0.287. The topological polar surface area (TPSA) is 105 Å². The molecule has 0 atom stereocenters. The van der Waals surface area contributed by atoms with Crippen molar-refractivity contribution >= 4 is 23.9 Å². The Hall–Kier alpha value is -4.46. The molecule has 194 valence electrons. The normalized spacial score (nSPS) is 14.7. The van der Waals surface area contributed by atoms with Gasteiger partial charge in [0, 0.05) is 11.1 Å². The average molecular weight is 515 g/mol. The molecular formula is C30H26O8. The molecule has 2 aliphatic heterocycles. The Bertz CT molecular complexity index is 1430. The fourth-order valence-electron chi connectivity index (χ4n) is 4.41. The molecule has 0 aliphatic carbocycles. The summed E-state index contributed by atoms with van der Waals surface area (Å²) in [7, 11) is 0. The zero-order chi connectivity index (χ0) is 27.6. The number of hydrogen-bond acceptors (Lipinski definition) is 8. The number of esters is 4. The Morgan fingerprint density at radius 3 is 1.18 bits per heavy atom. The molecular weight excluding hydrogens is 488 g/mol. The highest BCUT2D eigenvalue weighted by Crippen LogP contribution is 2.44. The number of hydrogen-bond donors (Lipinski definition) is 0. The van der Waals surface area contributed by atoms with E-state index in [2.05, 4.69) is 0 Å². The highest BCUT2D eigenvalue weighted by Gasteiger charge is 2.32. The minimum atomic E-state index is -0.703. The van der Waals surface area contributed by atoms with Gasteiger partial charge < -0.3 is 18.9 Å². The predicted molar refractivity (Wildman–Crippen MR) is 136 cm³/mol. The van der Waals surface area contributed by atoms with Gasteiger partial charge in [-0.1, -0.05) is 41.5 Å². The van der Waals surface area contributed by atoms with Crippen LogP contribution in [0.5, 0.6) is 23.0 Å². The summed E-state index contributed by atoms with van der Waals surface area (Å²) in [4.78, 5) is 47.8. The molecule has 8 heteroatoms. The van der Waals surface area contributed by atoms with Gasteiger partial charge >= 0.3 is 23.9 Å². The summed E-state index contributed by atoms with van der Waals surface area (Å²) in [6.07, 6.45) is 0. The van der Waals surface area contributed by atoms with E-state index < -0.39 is 23.9 Å². The number of carbonyl (C=O) groups excluding carboxylic acids is 4. The molecule has 0 amide bonds. The van der Waals surface area contributed by atoms with E-state index in [0.29, 0.717) is 23.0 Å². The summed E-state index contributed by atoms with van der Waals surface area (Å²) >= 11 is 0. The first-order valence-corrected chi connectivity index (χ1v) is 12.1. The van der Waals surface area contributed by atoms with Gasteiger partial charge in [0.15, 0.2) is 0 Å². The Morgan fingerprint density at radius 2 is 0.842 bits per heavy atom. The Balaban J connectivity index is 1.58. The average Bonchev–Trinajstić information content (AvgIpc) is 3.26. The molecule has 8 nitrogen and oxygen atoms in total. The molecule has 0 bridgehead atoms. The van der Waals surface area contributed by atoms with Gasteiger partial charge in [-0.25, -0.2) is 19.2 Å². The summed E-state index contributed by atoms with van der Waals surface area (Å²) < 4.78 is 22.0. The lowest BCUT2D eigenvalue weighted by Gasteiger charge is -2.29. The monoisotopic (exact) mass is 514 g/mol. The lowest BCUT2D eigenvalue weighted by molar-refractivity contribution is 0.0425. The first-order chi connectivity index (χ1) is 17.7. The van der Waals surface area contributed by atoms with Crippen molar-refractivity contribution in [1.29, 1.82) is 0 Å². The number of benzene rings is 3. The van der Waals surface area contributed by atoms with Crippen LogP contribution in [0.25, 0.3) is 0 Å². The second kappa shape index (κ2) is 8.55. The molecule has 0 unspecified atom stereocenters. The van der Waals surface area contributed by atoms with E-state index in [1.54, 1.807) is 12.1 Å². The highest BCUT2D eigenvalue weighted by atomic mass is 16.6. The van der Waals surface area contributed by atoms with Crippen molar-refractivity contribution in [1.82, 2.24) is 0 Å². The predicted octanol–water partition coefficient (Wildman–Crippen LogP) is 6.49. The minimum absolute atomic E-state index is 0.162. The molecule has 0 radical (unpaired) electrons. The van der Waals surface area contributed by atoms with E-state index in [9.17, 15) is 19.2 Å². The smallest absolute Gasteiger partial charge is 0.347 e. The van der Waals surface area contributed by atoms with Crippen LogP contribution in [0.1, 0.15) is 94.1 Å². The summed E-state index contributed by atoms with van der Waals surface area (Å²) in [6, 6.07) is 13.1. The van der Waals surface area contributed by atoms with Crippen LogP contribution in [0.3, 0.4) is 0 Å². The van der Waals surface area contributed by atoms with Gasteiger partial charge in [0.2, 0.25) is 0 Å². The first kappa shape index (κ1) is 25.2. The van der Waals surface area contributed by atoms with E-state index in [-0.39, 0.29) is 33.1 Å². The van der Waals surface area contributed by atoms with E-state index in [0.717, 1.165) is 11.1 Å². The van der Waals surface area contributed by atoms with Crippen molar-refractivity contribution in [3.8, 4) is 23.0 Å². The van der Waals surface area contributed by atoms with Crippen LogP contribution in [0.15, 0.2) is 48.5 Å². The van der Waals surface area contributed by atoms with Gasteiger partial charge in [-0.05, 0) is 59.4 Å². The molecule has 38 heavy (non-hydrogen) atoms. The van der Waals surface area contributed by atoms with Crippen LogP contribution in [0.2, 0.25) is 0 Å². The number of cyclic esters (lactones) is 4. The molecule has 2 aliphatic rings. The maximum absolute atomic E-state index is 12.1. The van der Waals surface area contributed by atoms with Crippen LogP contribution >= 0.6 is 0 Å². The number of ether oxygens (including phenoxy) is 4. The molecule has 5 rings (SSSR count). The molecule has 3 aromatic rings. The van der Waals surface area contributed by atoms with Gasteiger partial charge in [-0.15, -0.1) is 0 Å². The largest absolute Gasteiger partial charge is 0.457 e. The van der Waals surface area contributed by atoms with Crippen LogP contribution in [-0.2, 0) is 20.3 Å². The van der Waals surface area contributed by atoms with Crippen LogP contribution in [-0.4, -0.2) is 23.9 Å². The van der Waals surface area contributed by atoms with Crippen molar-refractivity contribution in [3.63, 3.8) is 0 Å². The van der Waals surface area contributed by atoms with Crippen LogP contribution in [0.4, 0.5) is 0 Å². The third-order valence-corrected chi connectivity index (χ3v) is 6.39. The third-order valence-electron chi connectivity index (χ3n) is 6.39.